The van der Waals surface area contributed by atoms with E-state index in [1.165, 1.54) is 12.8 Å². The molecular weight excluding hydrogens is 308 g/mol. The van der Waals surface area contributed by atoms with Crippen LogP contribution in [0.4, 0.5) is 0 Å². The van der Waals surface area contributed by atoms with Gasteiger partial charge in [-0.2, -0.15) is 0 Å². The molecule has 2 unspecified atom stereocenters. The van der Waals surface area contributed by atoms with Gasteiger partial charge >= 0.3 is 0 Å². The first-order valence-corrected chi connectivity index (χ1v) is 7.34. The number of primary amides is 1. The van der Waals surface area contributed by atoms with Crippen molar-refractivity contribution in [3.63, 3.8) is 0 Å². The summed E-state index contributed by atoms with van der Waals surface area (Å²) in [4.78, 5) is 11.5. The summed E-state index contributed by atoms with van der Waals surface area (Å²) in [5.74, 6) is 1.07. The molecule has 1 aromatic carbocycles. The van der Waals surface area contributed by atoms with Gasteiger partial charge in [0.25, 0.3) is 5.91 Å². The highest BCUT2D eigenvalue weighted by Crippen LogP contribution is 2.33. The van der Waals surface area contributed by atoms with Crippen LogP contribution in [0.15, 0.2) is 22.7 Å². The van der Waals surface area contributed by atoms with Crippen molar-refractivity contribution in [2.75, 3.05) is 13.2 Å². The number of nitrogens with two attached hydrogens (primary N) is 2. The molecule has 0 radical (unpaired) electrons. The Labute approximate surface area is 121 Å². The number of benzene rings is 1. The van der Waals surface area contributed by atoms with Crippen LogP contribution in [-0.4, -0.2) is 19.1 Å². The fourth-order valence-corrected chi connectivity index (χ4v) is 3.25. The molecule has 5 heteroatoms. The van der Waals surface area contributed by atoms with Crippen LogP contribution >= 0.6 is 15.9 Å². The molecule has 4 nitrogen and oxygen atoms in total. The first-order valence-electron chi connectivity index (χ1n) is 6.54. The Kier molecular flexibility index (Phi) is 4.82. The minimum Gasteiger partial charge on any atom is -0.492 e. The molecule has 0 heterocycles. The maximum absolute atomic E-state index is 11.5. The Morgan fingerprint density at radius 1 is 1.37 bits per heavy atom. The topological polar surface area (TPSA) is 78.3 Å². The summed E-state index contributed by atoms with van der Waals surface area (Å²) in [5, 5.41) is 0. The van der Waals surface area contributed by atoms with E-state index in [1.807, 2.05) is 6.07 Å². The predicted octanol–water partition coefficient (Wildman–Crippen LogP) is 2.30. The van der Waals surface area contributed by atoms with Crippen LogP contribution in [-0.2, 0) is 0 Å². The number of carbonyl (C=O) groups excluding carboxylic acids is 1. The molecule has 0 aliphatic heterocycles. The van der Waals surface area contributed by atoms with E-state index in [-0.39, 0.29) is 0 Å². The predicted molar refractivity (Wildman–Crippen MR) is 78.0 cm³/mol. The Morgan fingerprint density at radius 3 is 2.79 bits per heavy atom. The van der Waals surface area contributed by atoms with Gasteiger partial charge in [-0.25, -0.2) is 0 Å². The number of halogens is 1. The average Bonchev–Trinajstić information content (AvgIpc) is 2.83. The summed E-state index contributed by atoms with van der Waals surface area (Å²) in [6.07, 6.45) is 3.52. The molecular formula is C14H19BrN2O2. The summed E-state index contributed by atoms with van der Waals surface area (Å²) >= 11 is 3.33. The van der Waals surface area contributed by atoms with E-state index in [9.17, 15) is 4.79 Å². The Bertz CT molecular complexity index is 465. The van der Waals surface area contributed by atoms with E-state index < -0.39 is 5.91 Å². The lowest BCUT2D eigenvalue weighted by Gasteiger charge is -2.19. The maximum atomic E-state index is 11.5. The van der Waals surface area contributed by atoms with Gasteiger partial charge in [0.15, 0.2) is 0 Å². The molecule has 0 aromatic heterocycles. The highest BCUT2D eigenvalue weighted by Gasteiger charge is 2.27. The number of hydrogen-bond acceptors (Lipinski definition) is 3. The van der Waals surface area contributed by atoms with Crippen LogP contribution in [0.1, 0.15) is 29.6 Å². The maximum Gasteiger partial charge on any atom is 0.253 e. The van der Waals surface area contributed by atoms with Crippen molar-refractivity contribution in [1.29, 1.82) is 0 Å². The van der Waals surface area contributed by atoms with E-state index in [4.69, 9.17) is 16.2 Å². The quantitative estimate of drug-likeness (QED) is 0.871. The third kappa shape index (κ3) is 3.28. The third-order valence-corrected chi connectivity index (χ3v) is 4.45. The zero-order valence-electron chi connectivity index (χ0n) is 10.8. The highest BCUT2D eigenvalue weighted by atomic mass is 79.9. The molecule has 1 aliphatic carbocycles. The van der Waals surface area contributed by atoms with E-state index in [1.54, 1.807) is 12.1 Å². The van der Waals surface area contributed by atoms with Crippen LogP contribution in [0.5, 0.6) is 5.75 Å². The fraction of sp³-hybridized carbons (Fsp3) is 0.500. The second-order valence-electron chi connectivity index (χ2n) is 4.97. The van der Waals surface area contributed by atoms with E-state index in [2.05, 4.69) is 15.9 Å². The summed E-state index contributed by atoms with van der Waals surface area (Å²) in [6.45, 7) is 1.30. The summed E-state index contributed by atoms with van der Waals surface area (Å²) in [7, 11) is 0. The lowest BCUT2D eigenvalue weighted by molar-refractivity contribution is 0.0994. The number of ether oxygens (including phenoxy) is 1. The number of hydrogen-bond donors (Lipinski definition) is 2. The standard InChI is InChI=1S/C14H19BrN2O2/c15-11-5-2-6-12(13(11)14(17)18)19-8-10-4-1-3-9(10)7-16/h2,5-6,9-10H,1,3-4,7-8,16H2,(H2,17,18). The molecule has 1 saturated carbocycles. The molecule has 1 aromatic rings. The van der Waals surface area contributed by atoms with Gasteiger partial charge in [-0.3, -0.25) is 4.79 Å². The second kappa shape index (κ2) is 6.39. The number of carbonyl (C=O) groups is 1. The van der Waals surface area contributed by atoms with Gasteiger partial charge in [-0.1, -0.05) is 12.5 Å². The molecule has 1 fully saturated rings. The van der Waals surface area contributed by atoms with Gasteiger partial charge in [0.1, 0.15) is 5.75 Å². The zero-order chi connectivity index (χ0) is 13.8. The molecule has 2 atom stereocenters. The van der Waals surface area contributed by atoms with Crippen molar-refractivity contribution >= 4 is 21.8 Å². The first-order chi connectivity index (χ1) is 9.13. The van der Waals surface area contributed by atoms with Crippen molar-refractivity contribution in [2.45, 2.75) is 19.3 Å². The fourth-order valence-electron chi connectivity index (χ4n) is 2.70. The first kappa shape index (κ1) is 14.3. The monoisotopic (exact) mass is 326 g/mol. The van der Waals surface area contributed by atoms with Crippen LogP contribution in [0.3, 0.4) is 0 Å². The smallest absolute Gasteiger partial charge is 0.253 e. The van der Waals surface area contributed by atoms with Crippen LogP contribution in [0.25, 0.3) is 0 Å². The van der Waals surface area contributed by atoms with Gasteiger partial charge in [0, 0.05) is 4.47 Å². The zero-order valence-corrected chi connectivity index (χ0v) is 12.4. The molecule has 1 aliphatic rings. The summed E-state index contributed by atoms with van der Waals surface area (Å²) < 4.78 is 6.47. The molecule has 104 valence electrons. The molecule has 1 amide bonds. The summed E-state index contributed by atoms with van der Waals surface area (Å²) in [5.41, 5.74) is 11.5. The molecule has 0 saturated heterocycles. The van der Waals surface area contributed by atoms with Crippen molar-refractivity contribution in [3.8, 4) is 5.75 Å². The second-order valence-corrected chi connectivity index (χ2v) is 5.83. The molecule has 2 rings (SSSR count). The largest absolute Gasteiger partial charge is 0.492 e. The Balaban J connectivity index is 2.07. The molecule has 4 N–H and O–H groups in total. The van der Waals surface area contributed by atoms with Crippen LogP contribution in [0, 0.1) is 11.8 Å². The molecule has 0 spiro atoms. The van der Waals surface area contributed by atoms with Crippen molar-refractivity contribution in [2.24, 2.45) is 23.3 Å². The van der Waals surface area contributed by atoms with Crippen LogP contribution < -0.4 is 16.2 Å². The normalized spacial score (nSPS) is 22.4. The number of amides is 1. The van der Waals surface area contributed by atoms with Gasteiger partial charge in [0.2, 0.25) is 0 Å². The van der Waals surface area contributed by atoms with E-state index >= 15 is 0 Å². The van der Waals surface area contributed by atoms with Gasteiger partial charge < -0.3 is 16.2 Å². The van der Waals surface area contributed by atoms with Crippen molar-refractivity contribution in [1.82, 2.24) is 0 Å². The lowest BCUT2D eigenvalue weighted by atomic mass is 9.97. The minimum atomic E-state index is -0.482. The van der Waals surface area contributed by atoms with E-state index in [0.717, 1.165) is 6.42 Å². The molecule has 19 heavy (non-hydrogen) atoms. The Morgan fingerprint density at radius 2 is 2.11 bits per heavy atom. The van der Waals surface area contributed by atoms with Gasteiger partial charge in [-0.05, 0) is 59.3 Å². The lowest BCUT2D eigenvalue weighted by Crippen LogP contribution is -2.24. The van der Waals surface area contributed by atoms with E-state index in [0.29, 0.717) is 40.8 Å². The minimum absolute atomic E-state index is 0.407. The number of rotatable bonds is 5. The van der Waals surface area contributed by atoms with Gasteiger partial charge in [-0.15, -0.1) is 0 Å². The third-order valence-electron chi connectivity index (χ3n) is 3.79. The molecule has 0 bridgehead atoms. The average molecular weight is 327 g/mol. The van der Waals surface area contributed by atoms with Crippen LogP contribution in [0.2, 0.25) is 0 Å². The Hall–Kier alpha value is -1.07. The SMILES string of the molecule is NCC1CCCC1COc1cccc(Br)c1C(N)=O. The van der Waals surface area contributed by atoms with Crippen molar-refractivity contribution < 1.29 is 9.53 Å². The van der Waals surface area contributed by atoms with Gasteiger partial charge in [0.05, 0.1) is 12.2 Å². The highest BCUT2D eigenvalue weighted by molar-refractivity contribution is 9.10. The summed E-state index contributed by atoms with van der Waals surface area (Å²) in [6, 6.07) is 5.39. The van der Waals surface area contributed by atoms with Crippen molar-refractivity contribution in [3.05, 3.63) is 28.2 Å².